The number of alkyl halides is 1. The summed E-state index contributed by atoms with van der Waals surface area (Å²) in [5.41, 5.74) is 1.17. The fraction of sp³-hybridized carbons (Fsp3) is 0.500. The van der Waals surface area contributed by atoms with E-state index < -0.39 is 0 Å². The number of hydrogen-bond acceptors (Lipinski definition) is 2. The van der Waals surface area contributed by atoms with E-state index in [4.69, 9.17) is 16.3 Å². The van der Waals surface area contributed by atoms with E-state index in [1.54, 1.807) is 7.11 Å². The number of nitrogens with one attached hydrogen (secondary N) is 1. The molecule has 1 rings (SSSR count). The average molecular weight is 228 g/mol. The number of para-hydroxylation sites is 1. The van der Waals surface area contributed by atoms with Crippen LogP contribution in [0.25, 0.3) is 0 Å². The third-order valence-electron chi connectivity index (χ3n) is 2.32. The Morgan fingerprint density at radius 3 is 2.80 bits per heavy atom. The van der Waals surface area contributed by atoms with Crippen molar-refractivity contribution < 1.29 is 4.74 Å². The van der Waals surface area contributed by atoms with Crippen molar-refractivity contribution in [3.05, 3.63) is 29.8 Å². The minimum absolute atomic E-state index is 0.208. The lowest BCUT2D eigenvalue weighted by Crippen LogP contribution is -2.22. The summed E-state index contributed by atoms with van der Waals surface area (Å²) < 4.78 is 5.26. The second kappa shape index (κ2) is 6.70. The van der Waals surface area contributed by atoms with Gasteiger partial charge in [-0.05, 0) is 12.5 Å². The van der Waals surface area contributed by atoms with E-state index in [2.05, 4.69) is 18.3 Å². The monoisotopic (exact) mass is 227 g/mol. The Morgan fingerprint density at radius 1 is 1.40 bits per heavy atom. The molecule has 0 aliphatic heterocycles. The normalized spacial score (nSPS) is 12.5. The number of rotatable bonds is 6. The molecular weight excluding hydrogens is 210 g/mol. The Balaban J connectivity index is 2.43. The van der Waals surface area contributed by atoms with E-state index in [9.17, 15) is 0 Å². The quantitative estimate of drug-likeness (QED) is 0.755. The molecule has 0 bridgehead atoms. The molecular formula is C12H18ClNO. The molecule has 0 spiro atoms. The number of hydrogen-bond donors (Lipinski definition) is 1. The molecule has 0 saturated carbocycles. The minimum atomic E-state index is 0.208. The lowest BCUT2D eigenvalue weighted by atomic mass is 10.2. The molecule has 0 heterocycles. The Bertz CT molecular complexity index is 291. The predicted molar refractivity (Wildman–Crippen MR) is 64.6 cm³/mol. The summed E-state index contributed by atoms with van der Waals surface area (Å²) >= 11 is 6.01. The Kier molecular flexibility index (Phi) is 5.51. The number of methoxy groups -OCH3 is 1. The Hall–Kier alpha value is -0.730. The first-order chi connectivity index (χ1) is 7.27. The third-order valence-corrected chi connectivity index (χ3v) is 2.78. The molecule has 3 heteroatoms. The average Bonchev–Trinajstić information content (AvgIpc) is 2.29. The molecule has 1 aromatic rings. The standard InChI is InChI=1S/C12H18ClNO/c1-3-11(13)9-14-8-10-6-4-5-7-12(10)15-2/h4-7,11,14H,3,8-9H2,1-2H3. The highest BCUT2D eigenvalue weighted by Gasteiger charge is 2.03. The van der Waals surface area contributed by atoms with Crippen molar-refractivity contribution in [2.45, 2.75) is 25.3 Å². The smallest absolute Gasteiger partial charge is 0.123 e. The van der Waals surface area contributed by atoms with Crippen molar-refractivity contribution in [3.8, 4) is 5.75 Å². The summed E-state index contributed by atoms with van der Waals surface area (Å²) in [5, 5.41) is 3.52. The van der Waals surface area contributed by atoms with Crippen LogP contribution in [-0.4, -0.2) is 19.0 Å². The summed E-state index contributed by atoms with van der Waals surface area (Å²) in [6.45, 7) is 3.71. The van der Waals surface area contributed by atoms with Crippen LogP contribution in [0.1, 0.15) is 18.9 Å². The predicted octanol–water partition coefficient (Wildman–Crippen LogP) is 2.80. The van der Waals surface area contributed by atoms with Crippen molar-refractivity contribution in [2.24, 2.45) is 0 Å². The van der Waals surface area contributed by atoms with Gasteiger partial charge in [-0.25, -0.2) is 0 Å². The van der Waals surface area contributed by atoms with Crippen molar-refractivity contribution >= 4 is 11.6 Å². The first kappa shape index (κ1) is 12.3. The fourth-order valence-corrected chi connectivity index (χ4v) is 1.47. The van der Waals surface area contributed by atoms with Gasteiger partial charge in [-0.1, -0.05) is 25.1 Å². The van der Waals surface area contributed by atoms with Gasteiger partial charge < -0.3 is 10.1 Å². The zero-order valence-corrected chi connectivity index (χ0v) is 10.1. The van der Waals surface area contributed by atoms with Gasteiger partial charge in [-0.3, -0.25) is 0 Å². The number of ether oxygens (including phenoxy) is 1. The molecule has 0 radical (unpaired) electrons. The Labute approximate surface area is 96.6 Å². The molecule has 1 N–H and O–H groups in total. The summed E-state index contributed by atoms with van der Waals surface area (Å²) in [4.78, 5) is 0. The molecule has 0 fully saturated rings. The highest BCUT2D eigenvalue weighted by Crippen LogP contribution is 2.16. The maximum Gasteiger partial charge on any atom is 0.123 e. The van der Waals surface area contributed by atoms with E-state index in [1.165, 1.54) is 5.56 Å². The molecule has 0 aliphatic carbocycles. The largest absolute Gasteiger partial charge is 0.496 e. The van der Waals surface area contributed by atoms with E-state index in [-0.39, 0.29) is 5.38 Å². The van der Waals surface area contributed by atoms with Crippen LogP contribution in [0, 0.1) is 0 Å². The second-order valence-corrected chi connectivity index (χ2v) is 4.07. The molecule has 15 heavy (non-hydrogen) atoms. The molecule has 1 atom stereocenters. The second-order valence-electron chi connectivity index (χ2n) is 3.45. The lowest BCUT2D eigenvalue weighted by Gasteiger charge is -2.11. The van der Waals surface area contributed by atoms with E-state index in [0.29, 0.717) is 0 Å². The maximum atomic E-state index is 6.01. The van der Waals surface area contributed by atoms with Gasteiger partial charge >= 0.3 is 0 Å². The van der Waals surface area contributed by atoms with Gasteiger partial charge in [-0.2, -0.15) is 0 Å². The van der Waals surface area contributed by atoms with Gasteiger partial charge in [0, 0.05) is 24.0 Å². The van der Waals surface area contributed by atoms with Crippen molar-refractivity contribution in [1.82, 2.24) is 5.32 Å². The molecule has 0 saturated heterocycles. The topological polar surface area (TPSA) is 21.3 Å². The number of halogens is 1. The van der Waals surface area contributed by atoms with Crippen LogP contribution in [0.5, 0.6) is 5.75 Å². The van der Waals surface area contributed by atoms with Gasteiger partial charge in [0.15, 0.2) is 0 Å². The van der Waals surface area contributed by atoms with Crippen LogP contribution in [-0.2, 0) is 6.54 Å². The van der Waals surface area contributed by atoms with Gasteiger partial charge in [0.25, 0.3) is 0 Å². The fourth-order valence-electron chi connectivity index (χ4n) is 1.36. The minimum Gasteiger partial charge on any atom is -0.496 e. The SMILES string of the molecule is CCC(Cl)CNCc1ccccc1OC. The maximum absolute atomic E-state index is 6.01. The summed E-state index contributed by atoms with van der Waals surface area (Å²) in [5.74, 6) is 0.924. The zero-order chi connectivity index (χ0) is 11.1. The van der Waals surface area contributed by atoms with Crippen LogP contribution in [0.15, 0.2) is 24.3 Å². The van der Waals surface area contributed by atoms with Crippen LogP contribution < -0.4 is 10.1 Å². The molecule has 0 amide bonds. The van der Waals surface area contributed by atoms with E-state index in [0.717, 1.165) is 25.3 Å². The molecule has 1 unspecified atom stereocenters. The molecule has 84 valence electrons. The van der Waals surface area contributed by atoms with Gasteiger partial charge in [-0.15, -0.1) is 11.6 Å². The van der Waals surface area contributed by atoms with Crippen LogP contribution in [0.3, 0.4) is 0 Å². The summed E-state index contributed by atoms with van der Waals surface area (Å²) in [6, 6.07) is 8.01. The van der Waals surface area contributed by atoms with E-state index >= 15 is 0 Å². The molecule has 0 aromatic heterocycles. The third kappa shape index (κ3) is 4.10. The van der Waals surface area contributed by atoms with Crippen LogP contribution in [0.4, 0.5) is 0 Å². The van der Waals surface area contributed by atoms with Gasteiger partial charge in [0.2, 0.25) is 0 Å². The van der Waals surface area contributed by atoms with Gasteiger partial charge in [0.1, 0.15) is 5.75 Å². The molecule has 2 nitrogen and oxygen atoms in total. The molecule has 0 aliphatic rings. The summed E-state index contributed by atoms with van der Waals surface area (Å²) in [7, 11) is 1.69. The zero-order valence-electron chi connectivity index (χ0n) is 9.29. The first-order valence-corrected chi connectivity index (χ1v) is 5.68. The van der Waals surface area contributed by atoms with Crippen LogP contribution >= 0.6 is 11.6 Å². The summed E-state index contributed by atoms with van der Waals surface area (Å²) in [6.07, 6.45) is 0.987. The highest BCUT2D eigenvalue weighted by atomic mass is 35.5. The van der Waals surface area contributed by atoms with Gasteiger partial charge in [0.05, 0.1) is 7.11 Å². The van der Waals surface area contributed by atoms with E-state index in [1.807, 2.05) is 18.2 Å². The molecule has 1 aromatic carbocycles. The van der Waals surface area contributed by atoms with Crippen LogP contribution in [0.2, 0.25) is 0 Å². The Morgan fingerprint density at radius 2 is 2.13 bits per heavy atom. The highest BCUT2D eigenvalue weighted by molar-refractivity contribution is 6.20. The lowest BCUT2D eigenvalue weighted by molar-refractivity contribution is 0.407. The van der Waals surface area contributed by atoms with Crippen molar-refractivity contribution in [2.75, 3.05) is 13.7 Å². The van der Waals surface area contributed by atoms with Crippen molar-refractivity contribution in [1.29, 1.82) is 0 Å². The first-order valence-electron chi connectivity index (χ1n) is 5.24. The van der Waals surface area contributed by atoms with Crippen molar-refractivity contribution in [3.63, 3.8) is 0 Å². The number of benzene rings is 1.